The van der Waals surface area contributed by atoms with E-state index in [1.54, 1.807) is 42.3 Å². The van der Waals surface area contributed by atoms with Crippen LogP contribution in [0.3, 0.4) is 0 Å². The second-order valence-electron chi connectivity index (χ2n) is 7.97. The molecule has 1 atom stereocenters. The third kappa shape index (κ3) is 4.41. The average molecular weight is 461 g/mol. The maximum Gasteiger partial charge on any atom is 0.255 e. The Hall–Kier alpha value is -4.00. The van der Waals surface area contributed by atoms with Crippen LogP contribution in [0.2, 0.25) is 0 Å². The monoisotopic (exact) mass is 460 g/mol. The number of nitrogens with zero attached hydrogens (tertiary/aromatic N) is 2. The number of hydrogen-bond donors (Lipinski definition) is 0. The molecule has 4 rings (SSSR count). The van der Waals surface area contributed by atoms with Gasteiger partial charge in [-0.1, -0.05) is 29.8 Å². The van der Waals surface area contributed by atoms with Gasteiger partial charge < -0.3 is 14.2 Å². The van der Waals surface area contributed by atoms with E-state index in [0.717, 1.165) is 11.1 Å². The van der Waals surface area contributed by atoms with Gasteiger partial charge in [0.15, 0.2) is 0 Å². The molecule has 3 aromatic rings. The molecule has 0 N–H and O–H groups in total. The first kappa shape index (κ1) is 23.2. The maximum absolute atomic E-state index is 14.0. The molecule has 0 radical (unpaired) electrons. The lowest BCUT2D eigenvalue weighted by Crippen LogP contribution is -2.56. The molecular weight excluding hydrogens is 432 g/mol. The van der Waals surface area contributed by atoms with E-state index >= 15 is 0 Å². The van der Waals surface area contributed by atoms with Crippen LogP contribution in [0.15, 0.2) is 66.7 Å². The van der Waals surface area contributed by atoms with Crippen molar-refractivity contribution in [1.82, 2.24) is 0 Å². The Balaban J connectivity index is 1.79. The molecule has 1 heterocycles. The lowest BCUT2D eigenvalue weighted by molar-refractivity contribution is -0.128. The smallest absolute Gasteiger partial charge is 0.255 e. The van der Waals surface area contributed by atoms with E-state index in [2.05, 4.69) is 0 Å². The Morgan fingerprint density at radius 1 is 0.882 bits per heavy atom. The van der Waals surface area contributed by atoms with Gasteiger partial charge in [-0.3, -0.25) is 19.4 Å². The molecule has 0 spiro atoms. The highest BCUT2D eigenvalue weighted by Gasteiger charge is 2.42. The Labute approximate surface area is 199 Å². The first-order chi connectivity index (χ1) is 16.5. The van der Waals surface area contributed by atoms with Gasteiger partial charge in [-0.05, 0) is 55.8 Å². The van der Waals surface area contributed by atoms with Crippen LogP contribution >= 0.6 is 0 Å². The molecule has 0 aliphatic carbocycles. The fourth-order valence-electron chi connectivity index (χ4n) is 4.11. The first-order valence-electron chi connectivity index (χ1n) is 11.1. The summed E-state index contributed by atoms with van der Waals surface area (Å²) in [6.45, 7) is 4.33. The van der Waals surface area contributed by atoms with Crippen molar-refractivity contribution in [3.63, 3.8) is 0 Å². The standard InChI is InChI=1S/C27H28N2O5/c1-5-34-21-12-10-20(11-13-21)29-25(30)17-28(23-15-14-22(32-3)16-24(23)33-4)27(31)26(29)19-8-6-18(2)7-9-19/h6-16,26H,5,17H2,1-4H3. The lowest BCUT2D eigenvalue weighted by atomic mass is 9.98. The number of carbonyl (C=O) groups is 2. The summed E-state index contributed by atoms with van der Waals surface area (Å²) in [4.78, 5) is 30.5. The molecule has 0 saturated carbocycles. The van der Waals surface area contributed by atoms with Gasteiger partial charge in [-0.15, -0.1) is 0 Å². The second-order valence-corrected chi connectivity index (χ2v) is 7.97. The third-order valence-corrected chi connectivity index (χ3v) is 5.82. The molecule has 176 valence electrons. The molecule has 1 aliphatic heterocycles. The van der Waals surface area contributed by atoms with Crippen molar-refractivity contribution in [3.05, 3.63) is 77.9 Å². The van der Waals surface area contributed by atoms with E-state index in [1.807, 2.05) is 50.2 Å². The summed E-state index contributed by atoms with van der Waals surface area (Å²) in [5.41, 5.74) is 2.95. The molecule has 1 aliphatic rings. The van der Waals surface area contributed by atoms with Crippen molar-refractivity contribution >= 4 is 23.2 Å². The van der Waals surface area contributed by atoms with Crippen molar-refractivity contribution in [2.24, 2.45) is 0 Å². The maximum atomic E-state index is 14.0. The van der Waals surface area contributed by atoms with Gasteiger partial charge in [0.2, 0.25) is 5.91 Å². The highest BCUT2D eigenvalue weighted by Crippen LogP contribution is 2.39. The van der Waals surface area contributed by atoms with Gasteiger partial charge in [0, 0.05) is 11.8 Å². The molecule has 7 heteroatoms. The summed E-state index contributed by atoms with van der Waals surface area (Å²) in [7, 11) is 3.09. The molecule has 0 bridgehead atoms. The number of anilines is 2. The van der Waals surface area contributed by atoms with Crippen LogP contribution < -0.4 is 24.0 Å². The van der Waals surface area contributed by atoms with Crippen LogP contribution in [0, 0.1) is 6.92 Å². The minimum Gasteiger partial charge on any atom is -0.497 e. The van der Waals surface area contributed by atoms with Gasteiger partial charge in [0.1, 0.15) is 29.8 Å². The summed E-state index contributed by atoms with van der Waals surface area (Å²) >= 11 is 0. The largest absolute Gasteiger partial charge is 0.497 e. The number of aryl methyl sites for hydroxylation is 1. The first-order valence-corrected chi connectivity index (χ1v) is 11.1. The molecular formula is C27H28N2O5. The Morgan fingerprint density at radius 2 is 1.56 bits per heavy atom. The number of ether oxygens (including phenoxy) is 3. The van der Waals surface area contributed by atoms with E-state index in [0.29, 0.717) is 35.2 Å². The molecule has 1 saturated heterocycles. The van der Waals surface area contributed by atoms with Crippen molar-refractivity contribution in [1.29, 1.82) is 0 Å². The van der Waals surface area contributed by atoms with Crippen LogP contribution in [0.5, 0.6) is 17.2 Å². The van der Waals surface area contributed by atoms with Crippen molar-refractivity contribution in [3.8, 4) is 17.2 Å². The number of hydrogen-bond acceptors (Lipinski definition) is 5. The normalized spacial score (nSPS) is 15.9. The summed E-state index contributed by atoms with van der Waals surface area (Å²) in [6, 6.07) is 19.2. The van der Waals surface area contributed by atoms with E-state index in [9.17, 15) is 9.59 Å². The zero-order valence-electron chi connectivity index (χ0n) is 19.8. The van der Waals surface area contributed by atoms with Gasteiger partial charge in [-0.2, -0.15) is 0 Å². The Bertz CT molecular complexity index is 1170. The molecule has 7 nitrogen and oxygen atoms in total. The van der Waals surface area contributed by atoms with Crippen LogP contribution in [0.4, 0.5) is 11.4 Å². The number of methoxy groups -OCH3 is 2. The zero-order valence-corrected chi connectivity index (χ0v) is 19.8. The van der Waals surface area contributed by atoms with Crippen LogP contribution in [-0.2, 0) is 9.59 Å². The predicted octanol–water partition coefficient (Wildman–Crippen LogP) is 4.53. The van der Waals surface area contributed by atoms with Crippen LogP contribution in [0.1, 0.15) is 24.1 Å². The summed E-state index contributed by atoms with van der Waals surface area (Å²) in [5, 5.41) is 0. The number of piperazine rings is 1. The lowest BCUT2D eigenvalue weighted by Gasteiger charge is -2.40. The fourth-order valence-corrected chi connectivity index (χ4v) is 4.11. The fraction of sp³-hybridized carbons (Fsp3) is 0.259. The minimum absolute atomic E-state index is 0.114. The number of benzene rings is 3. The number of rotatable bonds is 7. The van der Waals surface area contributed by atoms with E-state index < -0.39 is 6.04 Å². The van der Waals surface area contributed by atoms with Crippen LogP contribution in [-0.4, -0.2) is 39.2 Å². The minimum atomic E-state index is -0.827. The highest BCUT2D eigenvalue weighted by atomic mass is 16.5. The van der Waals surface area contributed by atoms with E-state index in [1.165, 1.54) is 12.0 Å². The molecule has 0 aromatic heterocycles. The van der Waals surface area contributed by atoms with E-state index in [-0.39, 0.29) is 18.4 Å². The van der Waals surface area contributed by atoms with Crippen molar-refractivity contribution in [2.45, 2.75) is 19.9 Å². The Morgan fingerprint density at radius 3 is 2.18 bits per heavy atom. The van der Waals surface area contributed by atoms with Crippen LogP contribution in [0.25, 0.3) is 0 Å². The van der Waals surface area contributed by atoms with Gasteiger partial charge in [0.05, 0.1) is 26.5 Å². The quantitative estimate of drug-likeness (QED) is 0.518. The summed E-state index contributed by atoms with van der Waals surface area (Å²) in [5.74, 6) is 1.34. The second kappa shape index (κ2) is 9.87. The molecule has 2 amide bonds. The molecule has 3 aromatic carbocycles. The average Bonchev–Trinajstić information content (AvgIpc) is 2.86. The van der Waals surface area contributed by atoms with Gasteiger partial charge >= 0.3 is 0 Å². The third-order valence-electron chi connectivity index (χ3n) is 5.82. The van der Waals surface area contributed by atoms with Crippen molar-refractivity contribution in [2.75, 3.05) is 37.2 Å². The molecule has 1 fully saturated rings. The number of amides is 2. The number of carbonyl (C=O) groups excluding carboxylic acids is 2. The molecule has 34 heavy (non-hydrogen) atoms. The highest BCUT2D eigenvalue weighted by molar-refractivity contribution is 6.15. The predicted molar refractivity (Wildman–Crippen MR) is 131 cm³/mol. The van der Waals surface area contributed by atoms with Gasteiger partial charge in [-0.25, -0.2) is 0 Å². The molecule has 1 unspecified atom stereocenters. The zero-order chi connectivity index (χ0) is 24.2. The Kier molecular flexibility index (Phi) is 6.72. The van der Waals surface area contributed by atoms with Gasteiger partial charge in [0.25, 0.3) is 5.91 Å². The topological polar surface area (TPSA) is 68.3 Å². The SMILES string of the molecule is CCOc1ccc(N2C(=O)CN(c3ccc(OC)cc3OC)C(=O)C2c2ccc(C)cc2)cc1. The van der Waals surface area contributed by atoms with E-state index in [4.69, 9.17) is 14.2 Å². The summed E-state index contributed by atoms with van der Waals surface area (Å²) < 4.78 is 16.3. The summed E-state index contributed by atoms with van der Waals surface area (Å²) in [6.07, 6.45) is 0. The van der Waals surface area contributed by atoms with Crippen molar-refractivity contribution < 1.29 is 23.8 Å².